The van der Waals surface area contributed by atoms with Gasteiger partial charge in [-0.2, -0.15) is 0 Å². The summed E-state index contributed by atoms with van der Waals surface area (Å²) in [5.41, 5.74) is 6.46. The molecule has 0 aliphatic carbocycles. The second-order valence-electron chi connectivity index (χ2n) is 8.76. The fraction of sp³-hybridized carbons (Fsp3) is 0.444. The first-order valence-corrected chi connectivity index (χ1v) is 11.7. The summed E-state index contributed by atoms with van der Waals surface area (Å²) in [6.07, 6.45) is 6.17. The molecule has 170 valence electrons. The van der Waals surface area contributed by atoms with E-state index in [2.05, 4.69) is 56.1 Å². The highest BCUT2D eigenvalue weighted by Gasteiger charge is 2.38. The number of rotatable bonds is 6. The monoisotopic (exact) mass is 433 g/mol. The Labute approximate surface area is 192 Å². The van der Waals surface area contributed by atoms with Gasteiger partial charge in [0.05, 0.1) is 18.4 Å². The van der Waals surface area contributed by atoms with Crippen molar-refractivity contribution in [3.05, 3.63) is 65.0 Å². The molecule has 1 aromatic carbocycles. The number of methoxy groups -OCH3 is 1. The Hall–Kier alpha value is -2.79. The molecule has 0 saturated carbocycles. The predicted octanol–water partition coefficient (Wildman–Crippen LogP) is 5.13. The van der Waals surface area contributed by atoms with Crippen molar-refractivity contribution in [3.63, 3.8) is 0 Å². The van der Waals surface area contributed by atoms with Crippen LogP contribution in [0.4, 0.5) is 0 Å². The van der Waals surface area contributed by atoms with Gasteiger partial charge in [-0.3, -0.25) is 4.98 Å². The molecule has 1 spiro atoms. The van der Waals surface area contributed by atoms with Gasteiger partial charge < -0.3 is 19.7 Å². The summed E-state index contributed by atoms with van der Waals surface area (Å²) in [4.78, 5) is 7.34. The van der Waals surface area contributed by atoms with Crippen LogP contribution in [-0.2, 0) is 0 Å². The van der Waals surface area contributed by atoms with Crippen LogP contribution < -0.4 is 14.8 Å². The molecule has 1 N–H and O–H groups in total. The Balaban J connectivity index is 1.80. The summed E-state index contributed by atoms with van der Waals surface area (Å²) in [7, 11) is 1.71. The fourth-order valence-corrected chi connectivity index (χ4v) is 4.93. The number of benzene rings is 1. The van der Waals surface area contributed by atoms with E-state index >= 15 is 0 Å². The smallest absolute Gasteiger partial charge is 0.132 e. The van der Waals surface area contributed by atoms with E-state index in [0.717, 1.165) is 72.9 Å². The van der Waals surface area contributed by atoms with Crippen LogP contribution in [0.5, 0.6) is 11.5 Å². The van der Waals surface area contributed by atoms with Crippen LogP contribution in [0.15, 0.2) is 48.2 Å². The minimum Gasteiger partial charge on any atom is -0.496 e. The molecule has 0 bridgehead atoms. The lowest BCUT2D eigenvalue weighted by Gasteiger charge is -2.40. The van der Waals surface area contributed by atoms with Crippen LogP contribution in [0.1, 0.15) is 57.4 Å². The number of nitrogens with zero attached hydrogens (tertiary/aromatic N) is 2. The normalized spacial score (nSPS) is 16.6. The summed E-state index contributed by atoms with van der Waals surface area (Å²) < 4.78 is 12.3. The zero-order valence-corrected chi connectivity index (χ0v) is 20.0. The first-order valence-electron chi connectivity index (χ1n) is 11.7. The zero-order chi connectivity index (χ0) is 22.7. The minimum atomic E-state index is -0.299. The third-order valence-electron chi connectivity index (χ3n) is 6.51. The lowest BCUT2D eigenvalue weighted by Crippen LogP contribution is -2.46. The van der Waals surface area contributed by atoms with Gasteiger partial charge in [-0.25, -0.2) is 0 Å². The van der Waals surface area contributed by atoms with Crippen molar-refractivity contribution in [2.24, 2.45) is 0 Å². The number of fused-ring (bicyclic) bond motifs is 1. The van der Waals surface area contributed by atoms with E-state index in [4.69, 9.17) is 14.5 Å². The molecule has 4 rings (SSSR count). The van der Waals surface area contributed by atoms with Crippen LogP contribution in [0.25, 0.3) is 11.3 Å². The summed E-state index contributed by atoms with van der Waals surface area (Å²) in [6.45, 7) is 12.6. The number of piperidine rings is 1. The zero-order valence-electron chi connectivity index (χ0n) is 20.0. The van der Waals surface area contributed by atoms with Gasteiger partial charge in [0, 0.05) is 49.0 Å². The summed E-state index contributed by atoms with van der Waals surface area (Å²) in [5.74, 6) is 1.69. The van der Waals surface area contributed by atoms with Crippen molar-refractivity contribution in [2.45, 2.75) is 46.1 Å². The minimum absolute atomic E-state index is 0.299. The van der Waals surface area contributed by atoms with E-state index in [0.29, 0.717) is 0 Å². The predicted molar refractivity (Wildman–Crippen MR) is 131 cm³/mol. The van der Waals surface area contributed by atoms with Crippen LogP contribution in [0.3, 0.4) is 0 Å². The Morgan fingerprint density at radius 2 is 1.88 bits per heavy atom. The van der Waals surface area contributed by atoms with Crippen LogP contribution in [0.2, 0.25) is 0 Å². The van der Waals surface area contributed by atoms with Crippen molar-refractivity contribution < 1.29 is 9.47 Å². The lowest BCUT2D eigenvalue weighted by molar-refractivity contribution is 0.0812. The van der Waals surface area contributed by atoms with Gasteiger partial charge in [-0.05, 0) is 71.1 Å². The van der Waals surface area contributed by atoms with Gasteiger partial charge in [0.1, 0.15) is 17.1 Å². The van der Waals surface area contributed by atoms with Crippen LogP contribution in [0, 0.1) is 0 Å². The molecule has 5 nitrogen and oxygen atoms in total. The molecule has 2 aromatic rings. The van der Waals surface area contributed by atoms with Crippen LogP contribution >= 0.6 is 0 Å². The number of aromatic nitrogens is 1. The van der Waals surface area contributed by atoms with Gasteiger partial charge in [0.15, 0.2) is 0 Å². The molecule has 5 heteroatoms. The Kier molecular flexibility index (Phi) is 6.56. The molecule has 0 radical (unpaired) electrons. The molecule has 0 amide bonds. The van der Waals surface area contributed by atoms with Crippen molar-refractivity contribution in [1.82, 2.24) is 15.2 Å². The Morgan fingerprint density at radius 3 is 2.47 bits per heavy atom. The second-order valence-corrected chi connectivity index (χ2v) is 8.76. The third kappa shape index (κ3) is 4.14. The molecule has 1 saturated heterocycles. The number of pyridine rings is 1. The molecule has 0 atom stereocenters. The second kappa shape index (κ2) is 9.37. The summed E-state index contributed by atoms with van der Waals surface area (Å²) in [6, 6.07) is 10.4. The van der Waals surface area contributed by atoms with E-state index in [1.54, 1.807) is 7.11 Å². The fourth-order valence-electron chi connectivity index (χ4n) is 4.93. The van der Waals surface area contributed by atoms with E-state index in [1.165, 1.54) is 11.3 Å². The van der Waals surface area contributed by atoms with Gasteiger partial charge in [-0.1, -0.05) is 11.6 Å². The van der Waals surface area contributed by atoms with E-state index in [1.807, 2.05) is 24.4 Å². The highest BCUT2D eigenvalue weighted by atomic mass is 16.5. The average Bonchev–Trinajstić information content (AvgIpc) is 2.82. The first-order chi connectivity index (χ1) is 15.5. The number of hydrogen-bond acceptors (Lipinski definition) is 5. The Bertz CT molecular complexity index is 1010. The first kappa shape index (κ1) is 22.4. The average molecular weight is 434 g/mol. The molecular weight excluding hydrogens is 398 g/mol. The standard InChI is InChI=1S/C27H35N3O2/c1-6-30(7-2)26(19(3)4)20-11-12-22(29-18-20)21-17-27(13-15-28-16-14-27)32-24-10-8-9-23(31-5)25(21)24/h8-12,17-18,28H,6-7,13-16H2,1-5H3. The van der Waals surface area contributed by atoms with E-state index < -0.39 is 0 Å². The molecular formula is C27H35N3O2. The molecule has 32 heavy (non-hydrogen) atoms. The summed E-state index contributed by atoms with van der Waals surface area (Å²) in [5, 5.41) is 3.45. The van der Waals surface area contributed by atoms with Gasteiger partial charge >= 0.3 is 0 Å². The number of nitrogens with one attached hydrogen (secondary N) is 1. The van der Waals surface area contributed by atoms with E-state index in [9.17, 15) is 0 Å². The molecule has 2 aliphatic heterocycles. The molecule has 2 aliphatic rings. The topological polar surface area (TPSA) is 46.6 Å². The van der Waals surface area contributed by atoms with Crippen LogP contribution in [-0.4, -0.2) is 48.8 Å². The molecule has 3 heterocycles. The summed E-state index contributed by atoms with van der Waals surface area (Å²) >= 11 is 0. The van der Waals surface area contributed by atoms with Crippen molar-refractivity contribution >= 4 is 11.3 Å². The highest BCUT2D eigenvalue weighted by Crippen LogP contribution is 2.46. The van der Waals surface area contributed by atoms with Crippen molar-refractivity contribution in [1.29, 1.82) is 0 Å². The lowest BCUT2D eigenvalue weighted by atomic mass is 9.84. The SMILES string of the molecule is CCN(CC)C(=C(C)C)c1ccc(C2=CC3(CCNCC3)Oc3cccc(OC)c32)nc1. The largest absolute Gasteiger partial charge is 0.496 e. The number of allylic oxidation sites excluding steroid dienone is 1. The molecule has 1 aromatic heterocycles. The van der Waals surface area contributed by atoms with Crippen molar-refractivity contribution in [3.8, 4) is 11.5 Å². The van der Waals surface area contributed by atoms with Gasteiger partial charge in [0.2, 0.25) is 0 Å². The number of hydrogen-bond donors (Lipinski definition) is 1. The van der Waals surface area contributed by atoms with Gasteiger partial charge in [-0.15, -0.1) is 0 Å². The maximum atomic E-state index is 6.57. The van der Waals surface area contributed by atoms with Crippen molar-refractivity contribution in [2.75, 3.05) is 33.3 Å². The quantitative estimate of drug-likeness (QED) is 0.684. The number of ether oxygens (including phenoxy) is 2. The third-order valence-corrected chi connectivity index (χ3v) is 6.51. The maximum Gasteiger partial charge on any atom is 0.132 e. The molecule has 0 unspecified atom stereocenters. The van der Waals surface area contributed by atoms with E-state index in [-0.39, 0.29) is 5.60 Å². The maximum absolute atomic E-state index is 6.57. The molecule has 1 fully saturated rings. The highest BCUT2D eigenvalue weighted by molar-refractivity contribution is 5.87. The Morgan fingerprint density at radius 1 is 1.12 bits per heavy atom. The van der Waals surface area contributed by atoms with Gasteiger partial charge in [0.25, 0.3) is 0 Å².